The normalized spacial score (nSPS) is 20.0. The van der Waals surface area contributed by atoms with Crippen LogP contribution >= 0.6 is 0 Å². The zero-order valence-corrected chi connectivity index (χ0v) is 18.0. The zero-order chi connectivity index (χ0) is 24.2. The third-order valence-corrected chi connectivity index (χ3v) is 6.13. The number of hydrogen-bond donors (Lipinski definition) is 0. The van der Waals surface area contributed by atoms with E-state index in [-0.39, 0.29) is 12.3 Å². The third-order valence-electron chi connectivity index (χ3n) is 6.13. The summed E-state index contributed by atoms with van der Waals surface area (Å²) in [4.78, 5) is 0. The van der Waals surface area contributed by atoms with Crippen LogP contribution in [0.15, 0.2) is 36.4 Å². The van der Waals surface area contributed by atoms with Gasteiger partial charge in [0.05, 0.1) is 5.56 Å². The van der Waals surface area contributed by atoms with Gasteiger partial charge in [-0.15, -0.1) is 0 Å². The number of alkyl halides is 5. The van der Waals surface area contributed by atoms with Crippen molar-refractivity contribution in [3.63, 3.8) is 0 Å². The molecule has 1 atom stereocenters. The van der Waals surface area contributed by atoms with Gasteiger partial charge >= 0.3 is 12.7 Å². The maximum absolute atomic E-state index is 14.7. The van der Waals surface area contributed by atoms with E-state index >= 15 is 0 Å². The van der Waals surface area contributed by atoms with Gasteiger partial charge in [0.2, 0.25) is 0 Å². The highest BCUT2D eigenvalue weighted by molar-refractivity contribution is 5.36. The third kappa shape index (κ3) is 6.54. The van der Waals surface area contributed by atoms with E-state index in [9.17, 15) is 30.7 Å². The van der Waals surface area contributed by atoms with Crippen LogP contribution in [0.2, 0.25) is 0 Å². The number of benzene rings is 2. The average Bonchev–Trinajstić information content (AvgIpc) is 2.76. The van der Waals surface area contributed by atoms with Crippen LogP contribution < -0.4 is 9.47 Å². The number of halogens is 7. The molecule has 2 nitrogen and oxygen atoms in total. The van der Waals surface area contributed by atoms with E-state index in [0.717, 1.165) is 44.2 Å². The van der Waals surface area contributed by atoms with Gasteiger partial charge in [0, 0.05) is 18.6 Å². The van der Waals surface area contributed by atoms with E-state index in [1.54, 1.807) is 0 Å². The van der Waals surface area contributed by atoms with Crippen molar-refractivity contribution in [2.75, 3.05) is 0 Å². The Morgan fingerprint density at radius 1 is 0.939 bits per heavy atom. The number of hydrogen-bond acceptors (Lipinski definition) is 2. The first kappa shape index (κ1) is 25.2. The second-order valence-electron chi connectivity index (χ2n) is 8.32. The zero-order valence-electron chi connectivity index (χ0n) is 18.0. The Labute approximate surface area is 187 Å². The molecule has 0 aromatic heterocycles. The van der Waals surface area contributed by atoms with E-state index in [0.29, 0.717) is 23.6 Å². The van der Waals surface area contributed by atoms with Gasteiger partial charge < -0.3 is 9.47 Å². The summed E-state index contributed by atoms with van der Waals surface area (Å²) in [7, 11) is 0. The van der Waals surface area contributed by atoms with Crippen LogP contribution in [0.4, 0.5) is 30.7 Å². The van der Waals surface area contributed by atoms with Crippen molar-refractivity contribution < 1.29 is 40.2 Å². The summed E-state index contributed by atoms with van der Waals surface area (Å²) in [5.74, 6) is -4.93. The largest absolute Gasteiger partial charge is 0.429 e. The second kappa shape index (κ2) is 10.7. The van der Waals surface area contributed by atoms with Crippen molar-refractivity contribution in [2.24, 2.45) is 11.8 Å². The van der Waals surface area contributed by atoms with Gasteiger partial charge in [0.15, 0.2) is 17.4 Å². The fourth-order valence-corrected chi connectivity index (χ4v) is 4.19. The van der Waals surface area contributed by atoms with E-state index < -0.39 is 47.6 Å². The molecule has 33 heavy (non-hydrogen) atoms. The first-order chi connectivity index (χ1) is 15.6. The van der Waals surface area contributed by atoms with E-state index in [4.69, 9.17) is 0 Å². The summed E-state index contributed by atoms with van der Waals surface area (Å²) in [5.41, 5.74) is -0.0657. The molecule has 0 heterocycles. The van der Waals surface area contributed by atoms with Crippen LogP contribution in [0.25, 0.3) is 0 Å². The summed E-state index contributed by atoms with van der Waals surface area (Å²) >= 11 is 0. The molecule has 0 bridgehead atoms. The first-order valence-corrected chi connectivity index (χ1v) is 10.8. The van der Waals surface area contributed by atoms with Crippen LogP contribution in [0.5, 0.6) is 11.5 Å². The molecule has 3 rings (SSSR count). The Morgan fingerprint density at radius 3 is 2.03 bits per heavy atom. The summed E-state index contributed by atoms with van der Waals surface area (Å²) < 4.78 is 104. The molecule has 182 valence electrons. The quantitative estimate of drug-likeness (QED) is 0.343. The topological polar surface area (TPSA) is 18.5 Å². The van der Waals surface area contributed by atoms with Gasteiger partial charge in [-0.1, -0.05) is 38.3 Å². The molecule has 0 N–H and O–H groups in total. The van der Waals surface area contributed by atoms with Gasteiger partial charge in [0.25, 0.3) is 0 Å². The summed E-state index contributed by atoms with van der Waals surface area (Å²) in [5, 5.41) is 0. The minimum Gasteiger partial charge on any atom is -0.429 e. The molecular weight excluding hydrogens is 453 g/mol. The fraction of sp³-hybridized carbons (Fsp3) is 0.500. The van der Waals surface area contributed by atoms with Crippen molar-refractivity contribution in [1.29, 1.82) is 0 Å². The Hall–Kier alpha value is -2.45. The monoisotopic (exact) mass is 478 g/mol. The van der Waals surface area contributed by atoms with Crippen molar-refractivity contribution in [3.05, 3.63) is 59.2 Å². The Bertz CT molecular complexity index is 887. The van der Waals surface area contributed by atoms with Crippen molar-refractivity contribution >= 4 is 0 Å². The summed E-state index contributed by atoms with van der Waals surface area (Å²) in [6, 6.07) is 5.47. The molecule has 0 amide bonds. The molecule has 1 aliphatic carbocycles. The highest BCUT2D eigenvalue weighted by atomic mass is 19.3. The highest BCUT2D eigenvalue weighted by Gasteiger charge is 2.35. The lowest BCUT2D eigenvalue weighted by Crippen LogP contribution is -2.24. The molecule has 1 aliphatic rings. The molecule has 0 radical (unpaired) electrons. The molecule has 1 saturated carbocycles. The minimum atomic E-state index is -3.98. The van der Waals surface area contributed by atoms with Crippen molar-refractivity contribution in [1.82, 2.24) is 0 Å². The van der Waals surface area contributed by atoms with Gasteiger partial charge in [-0.3, -0.25) is 0 Å². The predicted octanol–water partition coefficient (Wildman–Crippen LogP) is 7.79. The molecule has 0 spiro atoms. The fourth-order valence-electron chi connectivity index (χ4n) is 4.19. The minimum absolute atomic E-state index is 0.0425. The number of ether oxygens (including phenoxy) is 2. The molecule has 0 saturated heterocycles. The molecule has 9 heteroatoms. The maximum atomic E-state index is 14.7. The van der Waals surface area contributed by atoms with Crippen LogP contribution in [0.1, 0.15) is 50.2 Å². The lowest BCUT2D eigenvalue weighted by Gasteiger charge is -2.30. The molecule has 1 unspecified atom stereocenters. The van der Waals surface area contributed by atoms with Gasteiger partial charge in [0.1, 0.15) is 11.9 Å². The van der Waals surface area contributed by atoms with Crippen LogP contribution in [0.3, 0.4) is 0 Å². The van der Waals surface area contributed by atoms with E-state index in [1.165, 1.54) is 12.1 Å². The molecule has 1 fully saturated rings. The van der Waals surface area contributed by atoms with E-state index in [2.05, 4.69) is 16.4 Å². The standard InChI is InChI=1S/C24H25F7O2/c1-2-14-3-7-16(8-4-14)19(25)11-15-5-9-17(10-6-15)24(30,31)33-18-12-20(26)22(21(27)13-18)32-23(28)29/h5-6,9-10,12-14,16,19,23H,2-4,7-8,11H2,1H3. The predicted molar refractivity (Wildman–Crippen MR) is 108 cm³/mol. The van der Waals surface area contributed by atoms with Gasteiger partial charge in [-0.2, -0.15) is 17.6 Å². The Balaban J connectivity index is 1.63. The molecular formula is C24H25F7O2. The Morgan fingerprint density at radius 2 is 1.52 bits per heavy atom. The van der Waals surface area contributed by atoms with Crippen molar-refractivity contribution in [3.8, 4) is 11.5 Å². The second-order valence-corrected chi connectivity index (χ2v) is 8.32. The van der Waals surface area contributed by atoms with Crippen LogP contribution in [-0.4, -0.2) is 12.8 Å². The van der Waals surface area contributed by atoms with Gasteiger partial charge in [-0.05, 0) is 42.4 Å². The average molecular weight is 478 g/mol. The summed E-state index contributed by atoms with van der Waals surface area (Å²) in [6.45, 7) is -1.36. The Kier molecular flexibility index (Phi) is 8.13. The molecule has 0 aliphatic heterocycles. The van der Waals surface area contributed by atoms with Gasteiger partial charge in [-0.25, -0.2) is 13.2 Å². The maximum Gasteiger partial charge on any atom is 0.426 e. The smallest absolute Gasteiger partial charge is 0.426 e. The van der Waals surface area contributed by atoms with Crippen LogP contribution in [-0.2, 0) is 12.5 Å². The molecule has 2 aromatic carbocycles. The van der Waals surface area contributed by atoms with Crippen LogP contribution in [0, 0.1) is 23.5 Å². The van der Waals surface area contributed by atoms with Crippen molar-refractivity contribution in [2.45, 2.75) is 64.3 Å². The molecule has 2 aromatic rings. The lowest BCUT2D eigenvalue weighted by atomic mass is 9.78. The highest BCUT2D eigenvalue weighted by Crippen LogP contribution is 2.37. The summed E-state index contributed by atoms with van der Waals surface area (Å²) in [6.07, 6.45) is -0.206. The van der Waals surface area contributed by atoms with E-state index in [1.807, 2.05) is 0 Å². The first-order valence-electron chi connectivity index (χ1n) is 10.8. The lowest BCUT2D eigenvalue weighted by molar-refractivity contribution is -0.185. The SMILES string of the molecule is CCC1CCC(C(F)Cc2ccc(C(F)(F)Oc3cc(F)c(OC(F)F)c(F)c3)cc2)CC1. The number of rotatable bonds is 9.